The molecule has 5 heteroatoms. The second-order valence-corrected chi connectivity index (χ2v) is 4.12. The van der Waals surface area contributed by atoms with Gasteiger partial charge in [0.15, 0.2) is 6.61 Å². The highest BCUT2D eigenvalue weighted by atomic mass is 35.5. The Labute approximate surface area is 115 Å². The number of hydrogen-bond acceptors (Lipinski definition) is 4. The first-order chi connectivity index (χ1) is 9.18. The predicted octanol–water partition coefficient (Wildman–Crippen LogP) is 2.77. The lowest BCUT2D eigenvalue weighted by atomic mass is 10.1. The minimum atomic E-state index is -0.567. The lowest BCUT2D eigenvalue weighted by Crippen LogP contribution is -2.14. The van der Waals surface area contributed by atoms with Crippen LogP contribution < -0.4 is 0 Å². The first-order valence-corrected chi connectivity index (χ1v) is 5.91. The highest BCUT2D eigenvalue weighted by Gasteiger charge is 2.13. The highest BCUT2D eigenvalue weighted by Crippen LogP contribution is 2.15. The Morgan fingerprint density at radius 1 is 1.11 bits per heavy atom. The van der Waals surface area contributed by atoms with Gasteiger partial charge in [0.25, 0.3) is 0 Å². The maximum atomic E-state index is 11.8. The van der Waals surface area contributed by atoms with Crippen LogP contribution in [-0.4, -0.2) is 23.3 Å². The van der Waals surface area contributed by atoms with Gasteiger partial charge >= 0.3 is 5.97 Å². The number of esters is 1. The Balaban J connectivity index is 1.98. The van der Waals surface area contributed by atoms with Crippen molar-refractivity contribution in [3.8, 4) is 0 Å². The van der Waals surface area contributed by atoms with Gasteiger partial charge in [-0.05, 0) is 24.3 Å². The van der Waals surface area contributed by atoms with Crippen LogP contribution in [0.25, 0.3) is 0 Å². The van der Waals surface area contributed by atoms with Gasteiger partial charge in [0.2, 0.25) is 5.78 Å². The first-order valence-electron chi connectivity index (χ1n) is 5.53. The maximum Gasteiger partial charge on any atom is 0.338 e. The summed E-state index contributed by atoms with van der Waals surface area (Å²) in [5.74, 6) is -0.907. The van der Waals surface area contributed by atoms with Crippen LogP contribution in [0, 0.1) is 0 Å². The lowest BCUT2D eigenvalue weighted by Gasteiger charge is -2.05. The number of Topliss-reactive ketones (excluding diaryl/α,β-unsaturated/α-hetero) is 1. The highest BCUT2D eigenvalue weighted by molar-refractivity contribution is 6.34. The number of pyridine rings is 1. The third-order valence-corrected chi connectivity index (χ3v) is 2.75. The molecule has 19 heavy (non-hydrogen) atoms. The molecular weight excluding hydrogens is 266 g/mol. The summed E-state index contributed by atoms with van der Waals surface area (Å²) in [6.07, 6.45) is 2.96. The van der Waals surface area contributed by atoms with Crippen molar-refractivity contribution < 1.29 is 14.3 Å². The third kappa shape index (κ3) is 3.39. The van der Waals surface area contributed by atoms with E-state index in [1.807, 2.05) is 0 Å². The van der Waals surface area contributed by atoms with Crippen molar-refractivity contribution in [3.63, 3.8) is 0 Å². The molecule has 0 radical (unpaired) electrons. The summed E-state index contributed by atoms with van der Waals surface area (Å²) < 4.78 is 4.92. The van der Waals surface area contributed by atoms with Crippen molar-refractivity contribution >= 4 is 23.4 Å². The van der Waals surface area contributed by atoms with Crippen molar-refractivity contribution in [1.29, 1.82) is 0 Å². The molecule has 4 nitrogen and oxygen atoms in total. The molecule has 96 valence electrons. The third-order valence-electron chi connectivity index (χ3n) is 2.42. The minimum absolute atomic E-state index is 0.340. The molecule has 2 aromatic rings. The summed E-state index contributed by atoms with van der Waals surface area (Å²) in [7, 11) is 0. The van der Waals surface area contributed by atoms with Crippen LogP contribution in [0.5, 0.6) is 0 Å². The molecule has 0 bridgehead atoms. The molecule has 1 aromatic heterocycles. The van der Waals surface area contributed by atoms with E-state index in [9.17, 15) is 9.59 Å². The number of rotatable bonds is 4. The Hall–Kier alpha value is -2.20. The fraction of sp³-hybridized carbons (Fsp3) is 0.0714. The largest absolute Gasteiger partial charge is 0.454 e. The van der Waals surface area contributed by atoms with Gasteiger partial charge in [-0.3, -0.25) is 9.78 Å². The number of nitrogens with zero attached hydrogens (tertiary/aromatic N) is 1. The predicted molar refractivity (Wildman–Crippen MR) is 70.3 cm³/mol. The molecule has 0 N–H and O–H groups in total. The van der Waals surface area contributed by atoms with Crippen LogP contribution in [0.4, 0.5) is 0 Å². The van der Waals surface area contributed by atoms with Gasteiger partial charge in [0, 0.05) is 18.0 Å². The fourth-order valence-corrected chi connectivity index (χ4v) is 1.71. The van der Waals surface area contributed by atoms with E-state index in [2.05, 4.69) is 4.98 Å². The number of ether oxygens (including phenoxy) is 1. The quantitative estimate of drug-likeness (QED) is 0.636. The smallest absolute Gasteiger partial charge is 0.338 e. The number of carbonyl (C=O) groups excluding carboxylic acids is 2. The standard InChI is InChI=1S/C14H10ClNO3/c15-12-4-2-1-3-11(12)13(17)9-19-14(18)10-5-7-16-8-6-10/h1-8H,9H2. The van der Waals surface area contributed by atoms with Gasteiger partial charge in [0.05, 0.1) is 10.6 Å². The summed E-state index contributed by atoms with van der Waals surface area (Å²) in [5, 5.41) is 0.340. The van der Waals surface area contributed by atoms with E-state index >= 15 is 0 Å². The second kappa shape index (κ2) is 6.11. The van der Waals surface area contributed by atoms with E-state index in [0.29, 0.717) is 16.1 Å². The van der Waals surface area contributed by atoms with Crippen LogP contribution in [-0.2, 0) is 4.74 Å². The lowest BCUT2D eigenvalue weighted by molar-refractivity contribution is 0.0474. The fourth-order valence-electron chi connectivity index (χ4n) is 1.47. The van der Waals surface area contributed by atoms with Crippen molar-refractivity contribution in [2.24, 2.45) is 0 Å². The maximum absolute atomic E-state index is 11.8. The number of halogens is 1. The summed E-state index contributed by atoms with van der Waals surface area (Å²) in [6.45, 7) is -0.342. The summed E-state index contributed by atoms with van der Waals surface area (Å²) in [6, 6.07) is 9.65. The molecule has 0 amide bonds. The van der Waals surface area contributed by atoms with Crippen molar-refractivity contribution in [3.05, 3.63) is 64.9 Å². The number of aromatic nitrogens is 1. The van der Waals surface area contributed by atoms with E-state index < -0.39 is 5.97 Å². The van der Waals surface area contributed by atoms with E-state index in [-0.39, 0.29) is 12.4 Å². The Kier molecular flexibility index (Phi) is 4.26. The normalized spacial score (nSPS) is 9.95. The van der Waals surface area contributed by atoms with Gasteiger partial charge in [-0.15, -0.1) is 0 Å². The second-order valence-electron chi connectivity index (χ2n) is 3.72. The molecule has 0 saturated heterocycles. The molecule has 0 atom stereocenters. The van der Waals surface area contributed by atoms with Crippen LogP contribution in [0.2, 0.25) is 5.02 Å². The Morgan fingerprint density at radius 3 is 2.47 bits per heavy atom. The minimum Gasteiger partial charge on any atom is -0.454 e. The van der Waals surface area contributed by atoms with Gasteiger partial charge < -0.3 is 4.74 Å². The number of benzene rings is 1. The summed E-state index contributed by atoms with van der Waals surface area (Å²) >= 11 is 5.88. The van der Waals surface area contributed by atoms with Crippen LogP contribution in [0.15, 0.2) is 48.8 Å². The Bertz CT molecular complexity index is 599. The number of hydrogen-bond donors (Lipinski definition) is 0. The van der Waals surface area contributed by atoms with E-state index in [4.69, 9.17) is 16.3 Å². The molecule has 0 saturated carbocycles. The zero-order valence-corrected chi connectivity index (χ0v) is 10.6. The molecule has 0 fully saturated rings. The van der Waals surface area contributed by atoms with Crippen LogP contribution in [0.3, 0.4) is 0 Å². The van der Waals surface area contributed by atoms with Crippen LogP contribution in [0.1, 0.15) is 20.7 Å². The molecule has 0 unspecified atom stereocenters. The van der Waals surface area contributed by atoms with E-state index in [0.717, 1.165) is 0 Å². The first kappa shape index (κ1) is 13.2. The van der Waals surface area contributed by atoms with E-state index in [1.54, 1.807) is 24.3 Å². The number of ketones is 1. The zero-order valence-electron chi connectivity index (χ0n) is 9.88. The molecule has 1 aromatic carbocycles. The van der Waals surface area contributed by atoms with Crippen molar-refractivity contribution in [2.45, 2.75) is 0 Å². The number of carbonyl (C=O) groups is 2. The SMILES string of the molecule is O=C(OCC(=O)c1ccccc1Cl)c1ccncc1. The molecule has 0 aliphatic carbocycles. The average molecular weight is 276 g/mol. The monoisotopic (exact) mass is 275 g/mol. The van der Waals surface area contributed by atoms with E-state index in [1.165, 1.54) is 24.5 Å². The molecule has 0 aliphatic heterocycles. The molecule has 0 spiro atoms. The van der Waals surface area contributed by atoms with Gasteiger partial charge in [-0.25, -0.2) is 4.79 Å². The van der Waals surface area contributed by atoms with Crippen molar-refractivity contribution in [1.82, 2.24) is 4.98 Å². The molecule has 0 aliphatic rings. The van der Waals surface area contributed by atoms with Crippen LogP contribution >= 0.6 is 11.6 Å². The summed E-state index contributed by atoms with van der Waals surface area (Å²) in [4.78, 5) is 27.2. The molecular formula is C14H10ClNO3. The van der Waals surface area contributed by atoms with Crippen molar-refractivity contribution in [2.75, 3.05) is 6.61 Å². The average Bonchev–Trinajstić information content (AvgIpc) is 2.46. The molecule has 2 rings (SSSR count). The topological polar surface area (TPSA) is 56.3 Å². The molecule has 1 heterocycles. The van der Waals surface area contributed by atoms with Gasteiger partial charge in [-0.2, -0.15) is 0 Å². The summed E-state index contributed by atoms with van der Waals surface area (Å²) in [5.41, 5.74) is 0.689. The van der Waals surface area contributed by atoms with Gasteiger partial charge in [0.1, 0.15) is 0 Å². The Morgan fingerprint density at radius 2 is 1.79 bits per heavy atom. The van der Waals surface area contributed by atoms with Gasteiger partial charge in [-0.1, -0.05) is 23.7 Å². The zero-order chi connectivity index (χ0) is 13.7.